The lowest BCUT2D eigenvalue weighted by molar-refractivity contribution is -0.758. The molecule has 0 radical (unpaired) electrons. The molecule has 0 aliphatic carbocycles. The van der Waals surface area contributed by atoms with Crippen LogP contribution in [0.15, 0.2) is 48.5 Å². The van der Waals surface area contributed by atoms with Gasteiger partial charge in [-0.3, -0.25) is 0 Å². The molecular formula is C29H32ClN7O9. The fourth-order valence-corrected chi connectivity index (χ4v) is 4.71. The van der Waals surface area contributed by atoms with Gasteiger partial charge in [-0.15, -0.1) is 25.1 Å². The van der Waals surface area contributed by atoms with Crippen LogP contribution >= 0.6 is 11.6 Å². The summed E-state index contributed by atoms with van der Waals surface area (Å²) in [5, 5.41) is 31.4. The summed E-state index contributed by atoms with van der Waals surface area (Å²) in [5.74, 6) is -0.201. The zero-order chi connectivity index (χ0) is 33.1. The minimum Gasteiger partial charge on any atom is -0.476 e. The molecule has 17 heteroatoms. The molecule has 0 bridgehead atoms. The third kappa shape index (κ3) is 8.98. The summed E-state index contributed by atoms with van der Waals surface area (Å²) in [6.45, 7) is 3.47. The molecule has 1 N–H and O–H groups in total. The Labute approximate surface area is 267 Å². The smallest absolute Gasteiger partial charge is 0.476 e. The molecule has 0 amide bonds. The van der Waals surface area contributed by atoms with E-state index in [1.165, 1.54) is 0 Å². The van der Waals surface area contributed by atoms with Gasteiger partial charge in [0.15, 0.2) is 10.8 Å². The SMILES string of the molecule is CCCCc1nc(Cl)c(C(=O)O)n1Cc1ccc(-c2ccccc2-c2nnn(C(C)OC(=O)OCCOCCO[N+](=O)[O-])n2)cc1. The van der Waals surface area contributed by atoms with Crippen LogP contribution in [0.1, 0.15) is 54.8 Å². The van der Waals surface area contributed by atoms with Crippen molar-refractivity contribution in [1.29, 1.82) is 0 Å². The summed E-state index contributed by atoms with van der Waals surface area (Å²) in [4.78, 5) is 43.6. The van der Waals surface area contributed by atoms with Crippen LogP contribution in [-0.4, -0.2) is 78.5 Å². The molecule has 0 saturated heterocycles. The van der Waals surface area contributed by atoms with Gasteiger partial charge in [0.2, 0.25) is 12.1 Å². The maximum Gasteiger partial charge on any atom is 0.510 e. The number of hydrogen-bond donors (Lipinski definition) is 1. The molecule has 244 valence electrons. The molecule has 0 spiro atoms. The molecule has 16 nitrogen and oxygen atoms in total. The Kier molecular flexibility index (Phi) is 12.0. The Morgan fingerprint density at radius 1 is 1.07 bits per heavy atom. The van der Waals surface area contributed by atoms with Crippen LogP contribution in [0.5, 0.6) is 0 Å². The van der Waals surface area contributed by atoms with Crippen molar-refractivity contribution in [2.75, 3.05) is 26.4 Å². The minimum absolute atomic E-state index is 0.00464. The third-order valence-electron chi connectivity index (χ3n) is 6.63. The fourth-order valence-electron chi connectivity index (χ4n) is 4.43. The number of benzene rings is 2. The molecule has 2 heterocycles. The topological polar surface area (TPSA) is 196 Å². The van der Waals surface area contributed by atoms with Gasteiger partial charge in [0.25, 0.3) is 5.09 Å². The molecule has 0 aliphatic heterocycles. The monoisotopic (exact) mass is 657 g/mol. The standard InChI is InChI=1S/C29H32ClN7O9/c1-3-4-9-24-31-26(30)25(28(38)39)35(24)18-20-10-12-21(13-11-20)22-7-5-6-8-23(22)27-32-34-36(33-27)19(2)46-29(40)44-16-14-43-15-17-45-37(41)42/h5-8,10-13,19H,3-4,9,14-18H2,1-2H3,(H,38,39). The van der Waals surface area contributed by atoms with Crippen molar-refractivity contribution < 1.29 is 38.8 Å². The number of tetrazole rings is 1. The van der Waals surface area contributed by atoms with E-state index in [1.807, 2.05) is 48.5 Å². The largest absolute Gasteiger partial charge is 0.510 e. The van der Waals surface area contributed by atoms with Crippen molar-refractivity contribution in [3.8, 4) is 22.5 Å². The van der Waals surface area contributed by atoms with Gasteiger partial charge in [-0.05, 0) is 35.2 Å². The van der Waals surface area contributed by atoms with Gasteiger partial charge >= 0.3 is 12.1 Å². The lowest BCUT2D eigenvalue weighted by Crippen LogP contribution is -2.19. The van der Waals surface area contributed by atoms with Crippen LogP contribution in [0.2, 0.25) is 5.15 Å². The number of carbonyl (C=O) groups excluding carboxylic acids is 1. The van der Waals surface area contributed by atoms with Gasteiger partial charge in [-0.2, -0.15) is 0 Å². The van der Waals surface area contributed by atoms with E-state index in [0.29, 0.717) is 30.2 Å². The first-order valence-electron chi connectivity index (χ1n) is 14.3. The Bertz CT molecular complexity index is 1640. The van der Waals surface area contributed by atoms with Crippen LogP contribution in [0.25, 0.3) is 22.5 Å². The average Bonchev–Trinajstić information content (AvgIpc) is 3.64. The van der Waals surface area contributed by atoms with Gasteiger partial charge in [-0.25, -0.2) is 14.6 Å². The number of nitrogens with zero attached hydrogens (tertiary/aromatic N) is 7. The number of unbranched alkanes of at least 4 members (excludes halogenated alkanes) is 1. The molecule has 0 aliphatic rings. The molecule has 4 rings (SSSR count). The maximum absolute atomic E-state index is 12.0. The second-order valence-corrected chi connectivity index (χ2v) is 10.2. The van der Waals surface area contributed by atoms with E-state index >= 15 is 0 Å². The minimum atomic E-state index is -1.13. The highest BCUT2D eigenvalue weighted by atomic mass is 35.5. The zero-order valence-electron chi connectivity index (χ0n) is 25.1. The van der Waals surface area contributed by atoms with Gasteiger partial charge in [0.1, 0.15) is 19.0 Å². The highest BCUT2D eigenvalue weighted by Gasteiger charge is 2.22. The van der Waals surface area contributed by atoms with Crippen LogP contribution in [0, 0.1) is 10.1 Å². The van der Waals surface area contributed by atoms with E-state index < -0.39 is 23.4 Å². The first-order chi connectivity index (χ1) is 22.2. The third-order valence-corrected chi connectivity index (χ3v) is 6.89. The number of aryl methyl sites for hydroxylation is 1. The van der Waals surface area contributed by atoms with Crippen molar-refractivity contribution in [1.82, 2.24) is 29.8 Å². The van der Waals surface area contributed by atoms with E-state index in [9.17, 15) is 24.8 Å². The molecule has 0 fully saturated rings. The number of aromatic nitrogens is 6. The van der Waals surface area contributed by atoms with Crippen molar-refractivity contribution in [3.63, 3.8) is 0 Å². The molecule has 2 aromatic carbocycles. The van der Waals surface area contributed by atoms with Crippen molar-refractivity contribution >= 4 is 23.7 Å². The summed E-state index contributed by atoms with van der Waals surface area (Å²) in [6.07, 6.45) is 0.492. The number of aromatic carboxylic acids is 1. The molecule has 0 saturated carbocycles. The number of imidazole rings is 1. The number of rotatable bonds is 17. The average molecular weight is 658 g/mol. The normalized spacial score (nSPS) is 11.6. The van der Waals surface area contributed by atoms with E-state index in [4.69, 9.17) is 25.8 Å². The van der Waals surface area contributed by atoms with E-state index in [0.717, 1.165) is 34.3 Å². The van der Waals surface area contributed by atoms with Crippen LogP contribution in [0.4, 0.5) is 4.79 Å². The highest BCUT2D eigenvalue weighted by Crippen LogP contribution is 2.30. The van der Waals surface area contributed by atoms with Gasteiger partial charge in [-0.1, -0.05) is 73.5 Å². The molecule has 1 unspecified atom stereocenters. The summed E-state index contributed by atoms with van der Waals surface area (Å²) < 4.78 is 16.8. The van der Waals surface area contributed by atoms with E-state index in [2.05, 4.69) is 32.2 Å². The van der Waals surface area contributed by atoms with Gasteiger partial charge < -0.3 is 28.7 Å². The molecule has 46 heavy (non-hydrogen) atoms. The first kappa shape index (κ1) is 33.8. The summed E-state index contributed by atoms with van der Waals surface area (Å²) >= 11 is 6.18. The first-order valence-corrected chi connectivity index (χ1v) is 14.7. The number of hydrogen-bond acceptors (Lipinski definition) is 12. The van der Waals surface area contributed by atoms with Gasteiger partial charge in [0, 0.05) is 18.5 Å². The number of carbonyl (C=O) groups is 2. The molecule has 4 aromatic rings. The van der Waals surface area contributed by atoms with Gasteiger partial charge in [0.05, 0.1) is 13.2 Å². The van der Waals surface area contributed by atoms with Crippen LogP contribution < -0.4 is 0 Å². The van der Waals surface area contributed by atoms with E-state index in [-0.39, 0.29) is 37.3 Å². The quantitative estimate of drug-likeness (QED) is 0.0701. The predicted molar refractivity (Wildman–Crippen MR) is 162 cm³/mol. The van der Waals surface area contributed by atoms with Crippen LogP contribution in [-0.2, 0) is 32.0 Å². The molecule has 1 atom stereocenters. The Hall–Kier alpha value is -5.09. The second kappa shape index (κ2) is 16.3. The van der Waals surface area contributed by atoms with Crippen molar-refractivity contribution in [3.05, 3.63) is 80.9 Å². The Morgan fingerprint density at radius 2 is 1.78 bits per heavy atom. The number of carboxylic acids is 1. The van der Waals surface area contributed by atoms with E-state index in [1.54, 1.807) is 11.5 Å². The summed E-state index contributed by atoms with van der Waals surface area (Å²) in [6, 6.07) is 15.1. The number of carboxylic acid groups (broad SMARTS) is 1. The molecule has 2 aromatic heterocycles. The van der Waals surface area contributed by atoms with Crippen molar-refractivity contribution in [2.45, 2.75) is 45.9 Å². The predicted octanol–water partition coefficient (Wildman–Crippen LogP) is 4.84. The Balaban J connectivity index is 1.40. The number of halogens is 1. The maximum atomic E-state index is 12.0. The zero-order valence-corrected chi connectivity index (χ0v) is 25.8. The fraction of sp³-hybridized carbons (Fsp3) is 0.379. The lowest BCUT2D eigenvalue weighted by Gasteiger charge is -2.12. The van der Waals surface area contributed by atoms with Crippen molar-refractivity contribution in [2.24, 2.45) is 0 Å². The second-order valence-electron chi connectivity index (χ2n) is 9.82. The number of ether oxygens (including phenoxy) is 3. The molecular weight excluding hydrogens is 626 g/mol. The Morgan fingerprint density at radius 3 is 2.48 bits per heavy atom. The summed E-state index contributed by atoms with van der Waals surface area (Å²) in [7, 11) is 0. The highest BCUT2D eigenvalue weighted by molar-refractivity contribution is 6.32. The summed E-state index contributed by atoms with van der Waals surface area (Å²) in [5.41, 5.74) is 3.21. The van der Waals surface area contributed by atoms with Crippen LogP contribution in [0.3, 0.4) is 0 Å². The lowest BCUT2D eigenvalue weighted by atomic mass is 9.98.